The van der Waals surface area contributed by atoms with Crippen molar-refractivity contribution in [1.82, 2.24) is 0 Å². The minimum absolute atomic E-state index is 0.773. The van der Waals surface area contributed by atoms with Gasteiger partial charge in [-0.3, -0.25) is 0 Å². The van der Waals surface area contributed by atoms with Crippen molar-refractivity contribution in [3.8, 4) is 11.1 Å². The quantitative estimate of drug-likeness (QED) is 0.256. The van der Waals surface area contributed by atoms with E-state index in [0.717, 1.165) is 36.5 Å². The maximum Gasteiger partial charge on any atom is -0.0162 e. The largest absolute Gasteiger partial charge is 0.0654 e. The lowest BCUT2D eigenvalue weighted by Crippen LogP contribution is -2.13. The lowest BCUT2D eigenvalue weighted by atomic mass is 9.77. The molecule has 2 aliphatic rings. The molecule has 5 rings (SSSR count). The molecule has 2 aliphatic carbocycles. The lowest BCUT2D eigenvalue weighted by molar-refractivity contribution is 0.308. The molecule has 0 heteroatoms. The third kappa shape index (κ3) is 7.19. The highest BCUT2D eigenvalue weighted by atomic mass is 14.3. The molecule has 0 spiro atoms. The van der Waals surface area contributed by atoms with Gasteiger partial charge in [0.1, 0.15) is 0 Å². The zero-order chi connectivity index (χ0) is 26.2. The Morgan fingerprint density at radius 2 is 0.789 bits per heavy atom. The van der Waals surface area contributed by atoms with Gasteiger partial charge >= 0.3 is 0 Å². The van der Waals surface area contributed by atoms with Crippen molar-refractivity contribution in [2.75, 3.05) is 0 Å². The first-order valence-electron chi connectivity index (χ1n) is 16.0. The zero-order valence-electron chi connectivity index (χ0n) is 24.1. The Balaban J connectivity index is 1.10. The second-order valence-electron chi connectivity index (χ2n) is 12.6. The fourth-order valence-corrected chi connectivity index (χ4v) is 7.44. The van der Waals surface area contributed by atoms with Gasteiger partial charge in [0.05, 0.1) is 0 Å². The first kappa shape index (κ1) is 27.2. The van der Waals surface area contributed by atoms with E-state index in [1.807, 2.05) is 0 Å². The van der Waals surface area contributed by atoms with Crippen molar-refractivity contribution < 1.29 is 0 Å². The molecule has 3 aromatic rings. The van der Waals surface area contributed by atoms with E-state index in [2.05, 4.69) is 86.6 Å². The van der Waals surface area contributed by atoms with Crippen LogP contribution in [-0.4, -0.2) is 0 Å². The molecule has 0 unspecified atom stereocenters. The molecule has 0 aromatic heterocycles. The number of rotatable bonds is 10. The van der Waals surface area contributed by atoms with Gasteiger partial charge in [0.15, 0.2) is 0 Å². The van der Waals surface area contributed by atoms with Crippen molar-refractivity contribution >= 4 is 0 Å². The van der Waals surface area contributed by atoms with Gasteiger partial charge in [-0.25, -0.2) is 0 Å². The molecule has 0 radical (unpaired) electrons. The Bertz CT molecular complexity index is 1070. The van der Waals surface area contributed by atoms with E-state index in [9.17, 15) is 0 Å². The normalized spacial score (nSPS) is 23.8. The van der Waals surface area contributed by atoms with E-state index in [1.54, 1.807) is 11.1 Å². The van der Waals surface area contributed by atoms with E-state index in [1.165, 1.54) is 99.3 Å². The van der Waals surface area contributed by atoms with Crippen LogP contribution in [0.3, 0.4) is 0 Å². The Morgan fingerprint density at radius 3 is 1.18 bits per heavy atom. The third-order valence-electron chi connectivity index (χ3n) is 9.91. The number of hydrogen-bond acceptors (Lipinski definition) is 0. The van der Waals surface area contributed by atoms with E-state index in [0.29, 0.717) is 0 Å². The third-order valence-corrected chi connectivity index (χ3v) is 9.91. The van der Waals surface area contributed by atoms with Gasteiger partial charge in [-0.15, -0.1) is 0 Å². The second-order valence-corrected chi connectivity index (χ2v) is 12.6. The smallest absolute Gasteiger partial charge is 0.0162 e. The topological polar surface area (TPSA) is 0 Å². The summed E-state index contributed by atoms with van der Waals surface area (Å²) in [6.07, 6.45) is 19.0. The molecule has 3 aromatic carbocycles. The van der Waals surface area contributed by atoms with Crippen molar-refractivity contribution in [3.63, 3.8) is 0 Å². The minimum atomic E-state index is 0.773. The van der Waals surface area contributed by atoms with Crippen LogP contribution in [0.4, 0.5) is 0 Å². The molecule has 0 heterocycles. The fourth-order valence-electron chi connectivity index (χ4n) is 7.44. The monoisotopic (exact) mass is 506 g/mol. The van der Waals surface area contributed by atoms with Crippen LogP contribution < -0.4 is 0 Å². The maximum atomic E-state index is 2.42. The molecule has 0 amide bonds. The van der Waals surface area contributed by atoms with Crippen LogP contribution in [0.2, 0.25) is 0 Å². The molecule has 0 saturated heterocycles. The van der Waals surface area contributed by atoms with Crippen molar-refractivity contribution in [1.29, 1.82) is 0 Å². The Morgan fingerprint density at radius 1 is 0.447 bits per heavy atom. The number of aryl methyl sites for hydroxylation is 2. The number of benzene rings is 3. The van der Waals surface area contributed by atoms with Crippen LogP contribution in [0.1, 0.15) is 125 Å². The van der Waals surface area contributed by atoms with Crippen LogP contribution in [0.5, 0.6) is 0 Å². The highest BCUT2D eigenvalue weighted by molar-refractivity contribution is 5.64. The van der Waals surface area contributed by atoms with Gasteiger partial charge in [0.25, 0.3) is 0 Å². The second kappa shape index (κ2) is 13.6. The van der Waals surface area contributed by atoms with Crippen molar-refractivity contribution in [2.45, 2.75) is 116 Å². The van der Waals surface area contributed by atoms with Gasteiger partial charge in [-0.05, 0) is 121 Å². The SMILES string of the molecule is CCCC1CCC(c2ccc(CCc3ccc(-c4ccc(C5CCC(CCC)CC5)cc4)cc3)cc2)CC1. The summed E-state index contributed by atoms with van der Waals surface area (Å²) in [5.41, 5.74) is 8.72. The van der Waals surface area contributed by atoms with Crippen LogP contribution in [-0.2, 0) is 12.8 Å². The van der Waals surface area contributed by atoms with Crippen LogP contribution in [0.25, 0.3) is 11.1 Å². The summed E-state index contributed by atoms with van der Waals surface area (Å²) in [5, 5.41) is 0. The lowest BCUT2D eigenvalue weighted by Gasteiger charge is -2.28. The molecule has 0 nitrogen and oxygen atoms in total. The highest BCUT2D eigenvalue weighted by Crippen LogP contribution is 2.39. The Kier molecular flexibility index (Phi) is 9.77. The summed E-state index contributed by atoms with van der Waals surface area (Å²) in [4.78, 5) is 0. The minimum Gasteiger partial charge on any atom is -0.0654 e. The summed E-state index contributed by atoms with van der Waals surface area (Å²) < 4.78 is 0. The highest BCUT2D eigenvalue weighted by Gasteiger charge is 2.22. The Hall–Kier alpha value is -2.34. The molecular weight excluding hydrogens is 456 g/mol. The standard InChI is InChI=1S/C38H50/c1-3-5-29-9-17-33(18-10-29)34-21-13-31(14-22-34)7-8-32-15-23-36(24-16-32)38-27-25-37(26-28-38)35-19-11-30(6-4-2)12-20-35/h13-16,21-30,33,35H,3-12,17-20H2,1-2H3. The fraction of sp³-hybridized carbons (Fsp3) is 0.526. The summed E-state index contributed by atoms with van der Waals surface area (Å²) in [5.74, 6) is 3.53. The van der Waals surface area contributed by atoms with Crippen molar-refractivity contribution in [2.24, 2.45) is 11.8 Å². The van der Waals surface area contributed by atoms with Gasteiger partial charge in [-0.1, -0.05) is 112 Å². The van der Waals surface area contributed by atoms with Crippen LogP contribution >= 0.6 is 0 Å². The number of hydrogen-bond donors (Lipinski definition) is 0. The summed E-state index contributed by atoms with van der Waals surface area (Å²) in [7, 11) is 0. The first-order chi connectivity index (χ1) is 18.7. The van der Waals surface area contributed by atoms with Gasteiger partial charge < -0.3 is 0 Å². The molecule has 0 aliphatic heterocycles. The first-order valence-corrected chi connectivity index (χ1v) is 16.0. The predicted molar refractivity (Wildman–Crippen MR) is 165 cm³/mol. The molecule has 0 atom stereocenters. The summed E-state index contributed by atoms with van der Waals surface area (Å²) >= 11 is 0. The summed E-state index contributed by atoms with van der Waals surface area (Å²) in [6, 6.07) is 28.4. The predicted octanol–water partition coefficient (Wildman–Crippen LogP) is 11.3. The van der Waals surface area contributed by atoms with Gasteiger partial charge in [0, 0.05) is 0 Å². The van der Waals surface area contributed by atoms with Gasteiger partial charge in [0.2, 0.25) is 0 Å². The van der Waals surface area contributed by atoms with E-state index < -0.39 is 0 Å². The maximum absolute atomic E-state index is 2.42. The van der Waals surface area contributed by atoms with E-state index in [-0.39, 0.29) is 0 Å². The zero-order valence-corrected chi connectivity index (χ0v) is 24.1. The molecule has 0 bridgehead atoms. The van der Waals surface area contributed by atoms with E-state index >= 15 is 0 Å². The average Bonchev–Trinajstić information content (AvgIpc) is 2.98. The molecular formula is C38H50. The Labute approximate surface area is 233 Å². The van der Waals surface area contributed by atoms with Gasteiger partial charge in [-0.2, -0.15) is 0 Å². The molecule has 0 N–H and O–H groups in total. The van der Waals surface area contributed by atoms with E-state index in [4.69, 9.17) is 0 Å². The van der Waals surface area contributed by atoms with Crippen LogP contribution in [0, 0.1) is 11.8 Å². The molecule has 38 heavy (non-hydrogen) atoms. The van der Waals surface area contributed by atoms with Crippen LogP contribution in [0.15, 0.2) is 72.8 Å². The average molecular weight is 507 g/mol. The molecule has 2 saturated carbocycles. The van der Waals surface area contributed by atoms with Crippen molar-refractivity contribution in [3.05, 3.63) is 95.1 Å². The molecule has 202 valence electrons. The molecule has 2 fully saturated rings. The summed E-state index contributed by atoms with van der Waals surface area (Å²) in [6.45, 7) is 4.66.